The molecule has 52 heavy (non-hydrogen) atoms. The Morgan fingerprint density at radius 3 is 2.19 bits per heavy atom. The first-order chi connectivity index (χ1) is 24.3. The van der Waals surface area contributed by atoms with Crippen LogP contribution in [0.4, 0.5) is 10.5 Å². The van der Waals surface area contributed by atoms with Gasteiger partial charge in [0.25, 0.3) is 5.91 Å². The molecule has 3 rings (SSSR count). The number of nitrogens with one attached hydrogen (secondary N) is 2. The fourth-order valence-corrected chi connectivity index (χ4v) is 7.35. The van der Waals surface area contributed by atoms with E-state index in [0.717, 1.165) is 35.1 Å². The molecule has 2 aromatic carbocycles. The molecule has 0 bridgehead atoms. The van der Waals surface area contributed by atoms with Crippen LogP contribution in [-0.2, 0) is 31.8 Å². The number of aryl methyl sites for hydroxylation is 2. The predicted octanol–water partition coefficient (Wildman–Crippen LogP) is 8.78. The first-order valence-corrected chi connectivity index (χ1v) is 21.7. The summed E-state index contributed by atoms with van der Waals surface area (Å²) in [5.74, 6) is -0.00197. The molecule has 9 nitrogen and oxygen atoms in total. The predicted molar refractivity (Wildman–Crippen MR) is 212 cm³/mol. The molecule has 1 fully saturated rings. The van der Waals surface area contributed by atoms with E-state index in [1.54, 1.807) is 6.92 Å². The number of carbonyl (C=O) groups excluding carboxylic acids is 4. The number of benzene rings is 2. The Labute approximate surface area is 313 Å². The Kier molecular flexibility index (Phi) is 15.0. The van der Waals surface area contributed by atoms with Gasteiger partial charge in [0.1, 0.15) is 6.61 Å². The van der Waals surface area contributed by atoms with E-state index in [2.05, 4.69) is 50.6 Å². The number of likely N-dealkylation sites (tertiary alicyclic amines) is 1. The maximum Gasteiger partial charge on any atom is 0.411 e. The minimum absolute atomic E-state index is 0.0122. The van der Waals surface area contributed by atoms with Crippen LogP contribution in [0.3, 0.4) is 0 Å². The van der Waals surface area contributed by atoms with Gasteiger partial charge in [-0.05, 0) is 105 Å². The van der Waals surface area contributed by atoms with Crippen LogP contribution in [0.5, 0.6) is 0 Å². The third kappa shape index (κ3) is 11.4. The normalized spacial score (nSPS) is 17.7. The number of hydrogen-bond acceptors (Lipinski definition) is 6. The number of nitrogens with zero attached hydrogens (tertiary/aromatic N) is 1. The van der Waals surface area contributed by atoms with Gasteiger partial charge in [0.15, 0.2) is 14.1 Å². The van der Waals surface area contributed by atoms with E-state index < -0.39 is 20.5 Å². The van der Waals surface area contributed by atoms with Crippen LogP contribution in [0.1, 0.15) is 101 Å². The Morgan fingerprint density at radius 1 is 1.00 bits per heavy atom. The highest BCUT2D eigenvalue weighted by atomic mass is 28.4. The van der Waals surface area contributed by atoms with E-state index in [1.165, 1.54) is 0 Å². The molecule has 4 atom stereocenters. The van der Waals surface area contributed by atoms with Gasteiger partial charge in [-0.15, -0.1) is 0 Å². The molecule has 1 saturated heterocycles. The zero-order chi connectivity index (χ0) is 39.0. The lowest BCUT2D eigenvalue weighted by molar-refractivity contribution is -0.130. The Morgan fingerprint density at radius 2 is 1.62 bits per heavy atom. The molecule has 10 heteroatoms. The van der Waals surface area contributed by atoms with Crippen molar-refractivity contribution >= 4 is 37.7 Å². The summed E-state index contributed by atoms with van der Waals surface area (Å²) in [5, 5.41) is 5.77. The molecular weight excluding hydrogens is 671 g/mol. The van der Waals surface area contributed by atoms with Gasteiger partial charge in [-0.25, -0.2) is 4.79 Å². The second-order valence-electron chi connectivity index (χ2n) is 16.3. The van der Waals surface area contributed by atoms with Crippen molar-refractivity contribution in [2.75, 3.05) is 18.5 Å². The van der Waals surface area contributed by atoms with Gasteiger partial charge in [0, 0.05) is 18.9 Å². The molecular formula is C42H63N3O6Si. The maximum atomic E-state index is 14.3. The summed E-state index contributed by atoms with van der Waals surface area (Å²) in [7, 11) is -2.03. The summed E-state index contributed by atoms with van der Waals surface area (Å²) in [4.78, 5) is 54.7. The summed E-state index contributed by atoms with van der Waals surface area (Å²) in [6, 6.07) is 10.3. The topological polar surface area (TPSA) is 114 Å². The Bertz CT molecular complexity index is 1590. The number of carbonyl (C=O) groups is 4. The second-order valence-corrected chi connectivity index (χ2v) is 21.1. The van der Waals surface area contributed by atoms with Crippen molar-refractivity contribution in [2.24, 2.45) is 17.8 Å². The first kappa shape index (κ1) is 42.6. The summed E-state index contributed by atoms with van der Waals surface area (Å²) in [6.07, 6.45) is 5.25. The SMILES string of the molecule is C/C=C/C1C[C@@H](CO[Si](C)(C)C(C)(C)C)N(C(=O)c2cc(C)c(C)cc2NC(=O)OCc2ccc(CC(=O)[C@H](C)NC(=O)[C@@H](CC)C(C)C)cc2)C1. The van der Waals surface area contributed by atoms with Crippen LogP contribution in [0.25, 0.3) is 0 Å². The van der Waals surface area contributed by atoms with E-state index in [9.17, 15) is 19.2 Å². The third-order valence-corrected chi connectivity index (χ3v) is 15.4. The largest absolute Gasteiger partial charge is 0.444 e. The number of ether oxygens (including phenoxy) is 1. The summed E-state index contributed by atoms with van der Waals surface area (Å²) in [6.45, 7) is 25.8. The molecule has 1 unspecified atom stereocenters. The van der Waals surface area contributed by atoms with Crippen molar-refractivity contribution in [1.29, 1.82) is 0 Å². The number of Topliss-reactive ketones (excluding diaryl/α,β-unsaturated/α-hetero) is 1. The molecule has 0 aliphatic carbocycles. The highest BCUT2D eigenvalue weighted by molar-refractivity contribution is 6.74. The van der Waals surface area contributed by atoms with E-state index in [0.29, 0.717) is 24.4 Å². The fraction of sp³-hybridized carbons (Fsp3) is 0.571. The summed E-state index contributed by atoms with van der Waals surface area (Å²) < 4.78 is 12.2. The van der Waals surface area contributed by atoms with Crippen molar-refractivity contribution in [1.82, 2.24) is 10.2 Å². The van der Waals surface area contributed by atoms with Crippen molar-refractivity contribution in [3.8, 4) is 0 Å². The molecule has 2 aromatic rings. The minimum Gasteiger partial charge on any atom is -0.444 e. The number of allylic oxidation sites excluding steroid dienone is 1. The average Bonchev–Trinajstić information content (AvgIpc) is 3.47. The van der Waals surface area contributed by atoms with Gasteiger partial charge in [0.05, 0.1) is 29.9 Å². The molecule has 2 N–H and O–H groups in total. The molecule has 0 spiro atoms. The Balaban J connectivity index is 1.67. The zero-order valence-electron chi connectivity index (χ0n) is 33.6. The maximum absolute atomic E-state index is 14.3. The standard InChI is InChI=1S/C42H63N3O6Si/c1-13-15-33-22-34(26-51-52(11,12)42(8,9)10)45(24-33)40(48)36-20-28(5)29(6)21-37(36)44-41(49)50-25-32-18-16-31(17-19-32)23-38(46)30(7)43-39(47)35(14-2)27(3)4/h13,15-21,27,30,33-35H,14,22-26H2,1-12H3,(H,43,47)(H,44,49)/b15-13+/t30-,33?,34-,35-/m0/s1. The number of hydrogen-bond donors (Lipinski definition) is 2. The van der Waals surface area contributed by atoms with Crippen molar-refractivity contribution in [3.63, 3.8) is 0 Å². The van der Waals surface area contributed by atoms with E-state index in [-0.39, 0.29) is 59.5 Å². The van der Waals surface area contributed by atoms with Crippen LogP contribution in [0.2, 0.25) is 18.1 Å². The van der Waals surface area contributed by atoms with Gasteiger partial charge in [-0.1, -0.05) is 78.0 Å². The fourth-order valence-electron chi connectivity index (χ4n) is 6.31. The van der Waals surface area contributed by atoms with Gasteiger partial charge in [-0.3, -0.25) is 19.7 Å². The van der Waals surface area contributed by atoms with Crippen molar-refractivity contribution in [2.45, 2.75) is 125 Å². The molecule has 286 valence electrons. The van der Waals surface area contributed by atoms with E-state index >= 15 is 0 Å². The number of amides is 3. The molecule has 0 saturated carbocycles. The Hall–Kier alpha value is -3.76. The van der Waals surface area contributed by atoms with Gasteiger partial charge in [0.2, 0.25) is 5.91 Å². The lowest BCUT2D eigenvalue weighted by Crippen LogP contribution is -2.46. The summed E-state index contributed by atoms with van der Waals surface area (Å²) >= 11 is 0. The van der Waals surface area contributed by atoms with Gasteiger partial charge >= 0.3 is 6.09 Å². The van der Waals surface area contributed by atoms with Crippen molar-refractivity contribution < 1.29 is 28.3 Å². The van der Waals surface area contributed by atoms with Gasteiger partial charge in [-0.2, -0.15) is 0 Å². The van der Waals surface area contributed by atoms with Crippen LogP contribution in [0.15, 0.2) is 48.6 Å². The van der Waals surface area contributed by atoms with Crippen LogP contribution < -0.4 is 10.6 Å². The molecule has 1 aliphatic rings. The minimum atomic E-state index is -2.03. The first-order valence-electron chi connectivity index (χ1n) is 18.8. The van der Waals surface area contributed by atoms with Crippen molar-refractivity contribution in [3.05, 3.63) is 76.4 Å². The number of ketones is 1. The second kappa shape index (κ2) is 18.3. The van der Waals surface area contributed by atoms with E-state index in [1.807, 2.05) is 88.9 Å². The van der Waals surface area contributed by atoms with Gasteiger partial charge < -0.3 is 19.4 Å². The highest BCUT2D eigenvalue weighted by Crippen LogP contribution is 2.38. The lowest BCUT2D eigenvalue weighted by Gasteiger charge is -2.38. The summed E-state index contributed by atoms with van der Waals surface area (Å²) in [5.41, 5.74) is 4.29. The highest BCUT2D eigenvalue weighted by Gasteiger charge is 2.41. The number of rotatable bonds is 15. The van der Waals surface area contributed by atoms with Crippen LogP contribution >= 0.6 is 0 Å². The smallest absolute Gasteiger partial charge is 0.411 e. The lowest BCUT2D eigenvalue weighted by atomic mass is 9.92. The molecule has 0 radical (unpaired) electrons. The monoisotopic (exact) mass is 733 g/mol. The third-order valence-electron chi connectivity index (χ3n) is 10.9. The van der Waals surface area contributed by atoms with Crippen LogP contribution in [0, 0.1) is 31.6 Å². The zero-order valence-corrected chi connectivity index (χ0v) is 34.6. The molecule has 3 amide bonds. The quantitative estimate of drug-likeness (QED) is 0.140. The number of anilines is 1. The van der Waals surface area contributed by atoms with E-state index in [4.69, 9.17) is 9.16 Å². The molecule has 0 aromatic heterocycles. The van der Waals surface area contributed by atoms with Crippen LogP contribution in [-0.4, -0.2) is 62.1 Å². The average molecular weight is 734 g/mol. The molecule has 1 aliphatic heterocycles. The molecule has 1 heterocycles.